The first kappa shape index (κ1) is 12.8. The molecule has 0 aromatic heterocycles. The lowest BCUT2D eigenvalue weighted by Crippen LogP contribution is -2.55. The number of carbonyl (C=O) groups is 1. The molecule has 4 heteroatoms. The Morgan fingerprint density at radius 3 is 2.71 bits per heavy atom. The summed E-state index contributed by atoms with van der Waals surface area (Å²) in [6.07, 6.45) is 6.18. The van der Waals surface area contributed by atoms with Gasteiger partial charge in [0.1, 0.15) is 6.10 Å². The first-order valence-electron chi connectivity index (χ1n) is 6.88. The molecule has 98 valence electrons. The van der Waals surface area contributed by atoms with Crippen LogP contribution in [0.4, 0.5) is 0 Å². The third-order valence-electron chi connectivity index (χ3n) is 3.89. The minimum absolute atomic E-state index is 0.0582. The molecule has 2 N–H and O–H groups in total. The number of amides is 1. The SMILES string of the molecule is CC(N)C1CCCCN1C(=O)C1CCCCO1. The van der Waals surface area contributed by atoms with Gasteiger partial charge in [0.2, 0.25) is 0 Å². The van der Waals surface area contributed by atoms with Gasteiger partial charge in [-0.1, -0.05) is 0 Å². The highest BCUT2D eigenvalue weighted by Crippen LogP contribution is 2.23. The molecular weight excluding hydrogens is 216 g/mol. The second kappa shape index (κ2) is 5.83. The summed E-state index contributed by atoms with van der Waals surface area (Å²) in [7, 11) is 0. The Balaban J connectivity index is 1.99. The zero-order valence-corrected chi connectivity index (χ0v) is 10.7. The smallest absolute Gasteiger partial charge is 0.252 e. The van der Waals surface area contributed by atoms with Crippen molar-refractivity contribution in [1.29, 1.82) is 0 Å². The van der Waals surface area contributed by atoms with E-state index in [1.165, 1.54) is 6.42 Å². The van der Waals surface area contributed by atoms with Crippen LogP contribution in [-0.2, 0) is 9.53 Å². The molecule has 0 bridgehead atoms. The maximum absolute atomic E-state index is 12.4. The summed E-state index contributed by atoms with van der Waals surface area (Å²) in [4.78, 5) is 14.4. The average molecular weight is 240 g/mol. The van der Waals surface area contributed by atoms with Gasteiger partial charge in [0.15, 0.2) is 0 Å². The fraction of sp³-hybridized carbons (Fsp3) is 0.923. The van der Waals surface area contributed by atoms with E-state index >= 15 is 0 Å². The van der Waals surface area contributed by atoms with Crippen molar-refractivity contribution >= 4 is 5.91 Å². The zero-order valence-electron chi connectivity index (χ0n) is 10.7. The second-order valence-electron chi connectivity index (χ2n) is 5.31. The maximum Gasteiger partial charge on any atom is 0.252 e. The van der Waals surface area contributed by atoms with E-state index < -0.39 is 0 Å². The van der Waals surface area contributed by atoms with E-state index in [9.17, 15) is 4.79 Å². The standard InChI is InChI=1S/C13H24N2O2/c1-10(14)11-6-2-4-8-15(11)13(16)12-7-3-5-9-17-12/h10-12H,2-9,14H2,1H3. The normalized spacial score (nSPS) is 32.2. The molecule has 2 heterocycles. The lowest BCUT2D eigenvalue weighted by atomic mass is 9.95. The summed E-state index contributed by atoms with van der Waals surface area (Å²) in [5.41, 5.74) is 5.99. The van der Waals surface area contributed by atoms with E-state index in [1.54, 1.807) is 0 Å². The number of nitrogens with two attached hydrogens (primary N) is 1. The number of carbonyl (C=O) groups excluding carboxylic acids is 1. The van der Waals surface area contributed by atoms with Crippen molar-refractivity contribution in [3.05, 3.63) is 0 Å². The van der Waals surface area contributed by atoms with Crippen LogP contribution in [0, 0.1) is 0 Å². The number of ether oxygens (including phenoxy) is 1. The fourth-order valence-electron chi connectivity index (χ4n) is 2.90. The molecule has 2 aliphatic rings. The summed E-state index contributed by atoms with van der Waals surface area (Å²) in [6, 6.07) is 0.268. The van der Waals surface area contributed by atoms with E-state index in [2.05, 4.69) is 0 Å². The highest BCUT2D eigenvalue weighted by molar-refractivity contribution is 5.81. The van der Waals surface area contributed by atoms with Crippen LogP contribution in [0.3, 0.4) is 0 Å². The number of piperidine rings is 1. The van der Waals surface area contributed by atoms with E-state index in [1.807, 2.05) is 11.8 Å². The van der Waals surface area contributed by atoms with Crippen LogP contribution in [0.25, 0.3) is 0 Å². The van der Waals surface area contributed by atoms with Crippen LogP contribution in [0.15, 0.2) is 0 Å². The number of nitrogens with zero attached hydrogens (tertiary/aromatic N) is 1. The van der Waals surface area contributed by atoms with Gasteiger partial charge in [-0.3, -0.25) is 4.79 Å². The van der Waals surface area contributed by atoms with Crippen LogP contribution in [0.1, 0.15) is 45.4 Å². The minimum atomic E-state index is -0.205. The molecule has 17 heavy (non-hydrogen) atoms. The fourth-order valence-corrected chi connectivity index (χ4v) is 2.90. The summed E-state index contributed by atoms with van der Waals surface area (Å²) >= 11 is 0. The quantitative estimate of drug-likeness (QED) is 0.791. The van der Waals surface area contributed by atoms with Gasteiger partial charge in [-0.2, -0.15) is 0 Å². The molecule has 2 rings (SSSR count). The van der Waals surface area contributed by atoms with Crippen LogP contribution in [0.5, 0.6) is 0 Å². The lowest BCUT2D eigenvalue weighted by molar-refractivity contribution is -0.150. The summed E-state index contributed by atoms with van der Waals surface area (Å²) in [5, 5.41) is 0. The number of hydrogen-bond donors (Lipinski definition) is 1. The summed E-state index contributed by atoms with van der Waals surface area (Å²) < 4.78 is 5.59. The van der Waals surface area contributed by atoms with Gasteiger partial charge in [-0.25, -0.2) is 0 Å². The molecule has 4 nitrogen and oxygen atoms in total. The molecule has 0 saturated carbocycles. The Morgan fingerprint density at radius 2 is 2.06 bits per heavy atom. The molecule has 0 aromatic carbocycles. The topological polar surface area (TPSA) is 55.6 Å². The van der Waals surface area contributed by atoms with Gasteiger partial charge in [-0.15, -0.1) is 0 Å². The van der Waals surface area contributed by atoms with Crippen LogP contribution >= 0.6 is 0 Å². The number of likely N-dealkylation sites (tertiary alicyclic amines) is 1. The Kier molecular flexibility index (Phi) is 4.40. The van der Waals surface area contributed by atoms with Gasteiger partial charge in [-0.05, 0) is 45.4 Å². The monoisotopic (exact) mass is 240 g/mol. The molecule has 0 spiro atoms. The molecule has 1 amide bonds. The molecule has 0 radical (unpaired) electrons. The van der Waals surface area contributed by atoms with Gasteiger partial charge in [0.05, 0.1) is 0 Å². The van der Waals surface area contributed by atoms with Crippen LogP contribution in [-0.4, -0.2) is 42.1 Å². The first-order chi connectivity index (χ1) is 8.20. The average Bonchev–Trinajstić information content (AvgIpc) is 2.39. The Labute approximate surface area is 103 Å². The van der Waals surface area contributed by atoms with Crippen molar-refractivity contribution in [2.24, 2.45) is 5.73 Å². The van der Waals surface area contributed by atoms with E-state index in [4.69, 9.17) is 10.5 Å². The number of rotatable bonds is 2. The molecule has 0 aromatic rings. The van der Waals surface area contributed by atoms with Crippen molar-refractivity contribution in [3.8, 4) is 0 Å². The lowest BCUT2D eigenvalue weighted by Gasteiger charge is -2.40. The molecule has 3 unspecified atom stereocenters. The zero-order chi connectivity index (χ0) is 12.3. The van der Waals surface area contributed by atoms with E-state index in [-0.39, 0.29) is 24.1 Å². The predicted octanol–water partition coefficient (Wildman–Crippen LogP) is 1.28. The van der Waals surface area contributed by atoms with Gasteiger partial charge >= 0.3 is 0 Å². The largest absolute Gasteiger partial charge is 0.368 e. The molecule has 2 aliphatic heterocycles. The Bertz CT molecular complexity index is 262. The van der Waals surface area contributed by atoms with Crippen molar-refractivity contribution in [2.45, 2.75) is 63.6 Å². The molecule has 3 atom stereocenters. The third kappa shape index (κ3) is 2.99. The number of hydrogen-bond acceptors (Lipinski definition) is 3. The highest BCUT2D eigenvalue weighted by atomic mass is 16.5. The van der Waals surface area contributed by atoms with E-state index in [0.29, 0.717) is 0 Å². The van der Waals surface area contributed by atoms with Crippen molar-refractivity contribution < 1.29 is 9.53 Å². The molecule has 2 saturated heterocycles. The minimum Gasteiger partial charge on any atom is -0.368 e. The molecule has 0 aliphatic carbocycles. The highest BCUT2D eigenvalue weighted by Gasteiger charge is 2.34. The molecular formula is C13H24N2O2. The van der Waals surface area contributed by atoms with Gasteiger partial charge < -0.3 is 15.4 Å². The third-order valence-corrected chi connectivity index (χ3v) is 3.89. The predicted molar refractivity (Wildman–Crippen MR) is 66.6 cm³/mol. The Hall–Kier alpha value is -0.610. The van der Waals surface area contributed by atoms with Crippen LogP contribution < -0.4 is 5.73 Å². The Morgan fingerprint density at radius 1 is 1.29 bits per heavy atom. The van der Waals surface area contributed by atoms with Crippen molar-refractivity contribution in [1.82, 2.24) is 4.90 Å². The maximum atomic E-state index is 12.4. The second-order valence-corrected chi connectivity index (χ2v) is 5.31. The van der Waals surface area contributed by atoms with E-state index in [0.717, 1.165) is 45.3 Å². The first-order valence-corrected chi connectivity index (χ1v) is 6.88. The van der Waals surface area contributed by atoms with Crippen molar-refractivity contribution in [2.75, 3.05) is 13.2 Å². The molecule has 2 fully saturated rings. The van der Waals surface area contributed by atoms with Crippen LogP contribution in [0.2, 0.25) is 0 Å². The van der Waals surface area contributed by atoms with Gasteiger partial charge in [0, 0.05) is 25.2 Å². The van der Waals surface area contributed by atoms with Crippen molar-refractivity contribution in [3.63, 3.8) is 0 Å². The summed E-state index contributed by atoms with van der Waals surface area (Å²) in [5.74, 6) is 0.173. The summed E-state index contributed by atoms with van der Waals surface area (Å²) in [6.45, 7) is 3.58. The van der Waals surface area contributed by atoms with Gasteiger partial charge in [0.25, 0.3) is 5.91 Å².